The number of hydrogen-bond acceptors (Lipinski definition) is 4. The standard InChI is InChI=1S/C15H17BrFNO4/c1-9(10-2-3-10)18-14(19)7-22-15(20)8-21-13-5-4-11(17)6-12(13)16/h4-6,9-10H,2-3,7-8H2,1H3,(H,18,19)/t9-/m1/s1. The maximum atomic E-state index is 12.9. The van der Waals surface area contributed by atoms with Gasteiger partial charge in [0.05, 0.1) is 4.47 Å². The van der Waals surface area contributed by atoms with Crippen molar-refractivity contribution in [2.75, 3.05) is 13.2 Å². The zero-order valence-corrected chi connectivity index (χ0v) is 13.7. The fourth-order valence-electron chi connectivity index (χ4n) is 1.93. The lowest BCUT2D eigenvalue weighted by Gasteiger charge is -2.13. The summed E-state index contributed by atoms with van der Waals surface area (Å²) in [5.41, 5.74) is 0. The van der Waals surface area contributed by atoms with Crippen LogP contribution in [0.5, 0.6) is 5.75 Å². The Morgan fingerprint density at radius 1 is 1.41 bits per heavy atom. The lowest BCUT2D eigenvalue weighted by atomic mass is 10.2. The highest BCUT2D eigenvalue weighted by atomic mass is 79.9. The van der Waals surface area contributed by atoms with Crippen LogP contribution < -0.4 is 10.1 Å². The molecule has 0 aromatic heterocycles. The van der Waals surface area contributed by atoms with E-state index in [0.717, 1.165) is 12.8 Å². The quantitative estimate of drug-likeness (QED) is 0.745. The maximum absolute atomic E-state index is 12.9. The second kappa shape index (κ2) is 7.58. The molecular formula is C15H17BrFNO4. The Morgan fingerprint density at radius 2 is 2.14 bits per heavy atom. The molecule has 7 heteroatoms. The van der Waals surface area contributed by atoms with E-state index >= 15 is 0 Å². The monoisotopic (exact) mass is 373 g/mol. The van der Waals surface area contributed by atoms with Crippen LogP contribution in [0.25, 0.3) is 0 Å². The van der Waals surface area contributed by atoms with Crippen LogP contribution in [-0.2, 0) is 14.3 Å². The molecule has 0 radical (unpaired) electrons. The van der Waals surface area contributed by atoms with Crippen molar-refractivity contribution in [3.8, 4) is 5.75 Å². The van der Waals surface area contributed by atoms with E-state index in [1.54, 1.807) is 0 Å². The van der Waals surface area contributed by atoms with Gasteiger partial charge in [0.2, 0.25) is 0 Å². The molecule has 1 aromatic carbocycles. The van der Waals surface area contributed by atoms with Crippen LogP contribution >= 0.6 is 15.9 Å². The molecule has 0 bridgehead atoms. The van der Waals surface area contributed by atoms with E-state index in [1.807, 2.05) is 6.92 Å². The number of ether oxygens (including phenoxy) is 2. The number of carbonyl (C=O) groups is 2. The number of halogens is 2. The van der Waals surface area contributed by atoms with E-state index in [2.05, 4.69) is 21.2 Å². The minimum Gasteiger partial charge on any atom is -0.481 e. The molecule has 0 spiro atoms. The van der Waals surface area contributed by atoms with Crippen LogP contribution in [-0.4, -0.2) is 31.1 Å². The van der Waals surface area contributed by atoms with Gasteiger partial charge in [0.25, 0.3) is 5.91 Å². The molecule has 22 heavy (non-hydrogen) atoms. The number of carbonyl (C=O) groups excluding carboxylic acids is 2. The summed E-state index contributed by atoms with van der Waals surface area (Å²) in [5, 5.41) is 2.78. The molecule has 1 saturated carbocycles. The molecule has 1 atom stereocenters. The van der Waals surface area contributed by atoms with Gasteiger partial charge in [-0.1, -0.05) is 0 Å². The summed E-state index contributed by atoms with van der Waals surface area (Å²) >= 11 is 3.12. The lowest BCUT2D eigenvalue weighted by Crippen LogP contribution is -2.37. The molecule has 0 saturated heterocycles. The third-order valence-corrected chi connectivity index (χ3v) is 3.94. The number of hydrogen-bond donors (Lipinski definition) is 1. The molecule has 2 rings (SSSR count). The van der Waals surface area contributed by atoms with Gasteiger partial charge in [-0.15, -0.1) is 0 Å². The van der Waals surface area contributed by atoms with Gasteiger partial charge in [-0.2, -0.15) is 0 Å². The number of benzene rings is 1. The molecule has 0 unspecified atom stereocenters. The number of esters is 1. The van der Waals surface area contributed by atoms with E-state index in [0.29, 0.717) is 16.1 Å². The fourth-order valence-corrected chi connectivity index (χ4v) is 2.39. The first-order chi connectivity index (χ1) is 10.5. The summed E-state index contributed by atoms with van der Waals surface area (Å²) in [6.07, 6.45) is 2.25. The summed E-state index contributed by atoms with van der Waals surface area (Å²) in [7, 11) is 0. The van der Waals surface area contributed by atoms with Crippen molar-refractivity contribution in [1.29, 1.82) is 0 Å². The van der Waals surface area contributed by atoms with Gasteiger partial charge in [-0.3, -0.25) is 4.79 Å². The first-order valence-electron chi connectivity index (χ1n) is 6.98. The molecule has 1 aliphatic carbocycles. The smallest absolute Gasteiger partial charge is 0.344 e. The van der Waals surface area contributed by atoms with Crippen molar-refractivity contribution < 1.29 is 23.5 Å². The molecule has 0 aliphatic heterocycles. The predicted octanol–water partition coefficient (Wildman–Crippen LogP) is 2.42. The first kappa shape index (κ1) is 16.7. The minimum absolute atomic E-state index is 0.109. The van der Waals surface area contributed by atoms with Crippen molar-refractivity contribution in [3.63, 3.8) is 0 Å². The van der Waals surface area contributed by atoms with E-state index in [1.165, 1.54) is 18.2 Å². The van der Waals surface area contributed by atoms with Gasteiger partial charge in [0.15, 0.2) is 13.2 Å². The molecule has 1 aliphatic rings. The van der Waals surface area contributed by atoms with Gasteiger partial charge in [0.1, 0.15) is 11.6 Å². The Hall–Kier alpha value is -1.63. The van der Waals surface area contributed by atoms with Crippen molar-refractivity contribution >= 4 is 27.8 Å². The van der Waals surface area contributed by atoms with Crippen LogP contribution in [0.3, 0.4) is 0 Å². The molecule has 1 amide bonds. The largest absolute Gasteiger partial charge is 0.481 e. The van der Waals surface area contributed by atoms with Crippen LogP contribution in [0.4, 0.5) is 4.39 Å². The highest BCUT2D eigenvalue weighted by Crippen LogP contribution is 2.32. The summed E-state index contributed by atoms with van der Waals surface area (Å²) in [6, 6.07) is 3.96. The third kappa shape index (κ3) is 5.29. The summed E-state index contributed by atoms with van der Waals surface area (Å²) < 4.78 is 23.3. The number of nitrogens with one attached hydrogen (secondary N) is 1. The van der Waals surface area contributed by atoms with Crippen molar-refractivity contribution in [1.82, 2.24) is 5.32 Å². The van der Waals surface area contributed by atoms with Crippen LogP contribution in [0.15, 0.2) is 22.7 Å². The van der Waals surface area contributed by atoms with Crippen LogP contribution in [0.1, 0.15) is 19.8 Å². The van der Waals surface area contributed by atoms with Gasteiger partial charge >= 0.3 is 5.97 Å². The van der Waals surface area contributed by atoms with E-state index in [-0.39, 0.29) is 25.2 Å². The number of rotatable bonds is 7. The maximum Gasteiger partial charge on any atom is 0.344 e. The van der Waals surface area contributed by atoms with E-state index in [9.17, 15) is 14.0 Å². The Morgan fingerprint density at radius 3 is 2.77 bits per heavy atom. The second-order valence-electron chi connectivity index (χ2n) is 5.22. The normalized spacial score (nSPS) is 15.0. The average Bonchev–Trinajstić information content (AvgIpc) is 3.28. The van der Waals surface area contributed by atoms with Crippen LogP contribution in [0.2, 0.25) is 0 Å². The third-order valence-electron chi connectivity index (χ3n) is 3.32. The molecule has 1 N–H and O–H groups in total. The zero-order chi connectivity index (χ0) is 16.1. The highest BCUT2D eigenvalue weighted by molar-refractivity contribution is 9.10. The fraction of sp³-hybridized carbons (Fsp3) is 0.467. The van der Waals surface area contributed by atoms with Crippen molar-refractivity contribution in [3.05, 3.63) is 28.5 Å². The zero-order valence-electron chi connectivity index (χ0n) is 12.1. The summed E-state index contributed by atoms with van der Waals surface area (Å²) in [4.78, 5) is 23.1. The van der Waals surface area contributed by atoms with E-state index < -0.39 is 11.8 Å². The predicted molar refractivity (Wildman–Crippen MR) is 80.9 cm³/mol. The topological polar surface area (TPSA) is 64.6 Å². The van der Waals surface area contributed by atoms with Gasteiger partial charge in [-0.25, -0.2) is 9.18 Å². The lowest BCUT2D eigenvalue weighted by molar-refractivity contribution is -0.150. The van der Waals surface area contributed by atoms with Gasteiger partial charge in [-0.05, 0) is 59.8 Å². The van der Waals surface area contributed by atoms with Gasteiger partial charge < -0.3 is 14.8 Å². The molecule has 120 valence electrons. The van der Waals surface area contributed by atoms with Crippen molar-refractivity contribution in [2.24, 2.45) is 5.92 Å². The Balaban J connectivity index is 1.67. The SMILES string of the molecule is C[C@@H](NC(=O)COC(=O)COc1ccc(F)cc1Br)C1CC1. The summed E-state index contributed by atoms with van der Waals surface area (Å²) in [6.45, 7) is 1.26. The molecule has 5 nitrogen and oxygen atoms in total. The average molecular weight is 374 g/mol. The Bertz CT molecular complexity index is 562. The second-order valence-corrected chi connectivity index (χ2v) is 6.07. The molecule has 1 fully saturated rings. The van der Waals surface area contributed by atoms with Gasteiger partial charge in [0, 0.05) is 6.04 Å². The minimum atomic E-state index is -0.662. The van der Waals surface area contributed by atoms with E-state index in [4.69, 9.17) is 9.47 Å². The van der Waals surface area contributed by atoms with Crippen LogP contribution in [0, 0.1) is 11.7 Å². The first-order valence-corrected chi connectivity index (χ1v) is 7.78. The van der Waals surface area contributed by atoms with Crippen molar-refractivity contribution in [2.45, 2.75) is 25.8 Å². The molecule has 1 aromatic rings. The highest BCUT2D eigenvalue weighted by Gasteiger charge is 2.28. The number of amides is 1. The Kier molecular flexibility index (Phi) is 5.76. The molecular weight excluding hydrogens is 357 g/mol. The summed E-state index contributed by atoms with van der Waals surface area (Å²) in [5.74, 6) is -0.534. The Labute approximate surface area is 136 Å². The molecule has 0 heterocycles.